The lowest BCUT2D eigenvalue weighted by Crippen LogP contribution is -2.33. The third kappa shape index (κ3) is 3.52. The van der Waals surface area contributed by atoms with Gasteiger partial charge in [0, 0.05) is 61.0 Å². The highest BCUT2D eigenvalue weighted by molar-refractivity contribution is 5.67. The number of hydrogen-bond donors (Lipinski definition) is 1. The van der Waals surface area contributed by atoms with E-state index in [9.17, 15) is 9.90 Å². The summed E-state index contributed by atoms with van der Waals surface area (Å²) in [5.41, 5.74) is 4.79. The van der Waals surface area contributed by atoms with Gasteiger partial charge in [-0.15, -0.1) is 5.10 Å². The van der Waals surface area contributed by atoms with E-state index < -0.39 is 5.60 Å². The Labute approximate surface area is 185 Å². The molecule has 0 radical (unpaired) electrons. The number of aromatic nitrogens is 5. The summed E-state index contributed by atoms with van der Waals surface area (Å²) in [6.07, 6.45) is 5.83. The van der Waals surface area contributed by atoms with E-state index in [1.165, 1.54) is 16.8 Å². The van der Waals surface area contributed by atoms with Gasteiger partial charge in [-0.3, -0.25) is 14.8 Å². The first kappa shape index (κ1) is 20.3. The third-order valence-electron chi connectivity index (χ3n) is 5.78. The number of rotatable bonds is 3. The summed E-state index contributed by atoms with van der Waals surface area (Å²) >= 11 is 0. The number of aliphatic hydroxyl groups is 1. The van der Waals surface area contributed by atoms with Gasteiger partial charge < -0.3 is 10.0 Å². The molecule has 1 aliphatic rings. The molecule has 0 saturated heterocycles. The molecule has 0 fully saturated rings. The van der Waals surface area contributed by atoms with Crippen molar-refractivity contribution in [1.82, 2.24) is 24.6 Å². The van der Waals surface area contributed by atoms with Gasteiger partial charge in [-0.1, -0.05) is 6.07 Å². The molecule has 1 aliphatic heterocycles. The fourth-order valence-electron chi connectivity index (χ4n) is 4.24. The Bertz CT molecular complexity index is 1390. The van der Waals surface area contributed by atoms with Gasteiger partial charge in [0.2, 0.25) is 0 Å². The Hall–Kier alpha value is -3.65. The van der Waals surface area contributed by atoms with Gasteiger partial charge in [0.25, 0.3) is 5.56 Å². The zero-order valence-electron chi connectivity index (χ0n) is 18.3. The minimum Gasteiger partial charge on any atom is -0.384 e. The molecule has 0 amide bonds. The second-order valence-electron chi connectivity index (χ2n) is 8.66. The van der Waals surface area contributed by atoms with Crippen molar-refractivity contribution < 1.29 is 5.11 Å². The van der Waals surface area contributed by atoms with Crippen molar-refractivity contribution in [3.63, 3.8) is 0 Å². The van der Waals surface area contributed by atoms with Crippen LogP contribution in [0.1, 0.15) is 36.4 Å². The highest BCUT2D eigenvalue weighted by atomic mass is 16.3. The molecule has 0 aromatic carbocycles. The fraction of sp³-hybridized carbons (Fsp3) is 0.292. The van der Waals surface area contributed by atoms with Gasteiger partial charge in [0.15, 0.2) is 11.5 Å². The predicted molar refractivity (Wildman–Crippen MR) is 121 cm³/mol. The van der Waals surface area contributed by atoms with Crippen molar-refractivity contribution in [3.05, 3.63) is 81.8 Å². The molecule has 162 valence electrons. The van der Waals surface area contributed by atoms with Crippen molar-refractivity contribution in [2.75, 3.05) is 11.4 Å². The topological polar surface area (TPSA) is 96.5 Å². The number of hydrogen-bond acceptors (Lipinski definition) is 7. The number of anilines is 1. The van der Waals surface area contributed by atoms with Gasteiger partial charge in [0.05, 0.1) is 5.69 Å². The predicted octanol–water partition coefficient (Wildman–Crippen LogP) is 2.65. The third-order valence-corrected chi connectivity index (χ3v) is 5.78. The minimum atomic E-state index is -1.06. The molecule has 8 nitrogen and oxygen atoms in total. The first-order valence-corrected chi connectivity index (χ1v) is 10.6. The second-order valence-corrected chi connectivity index (χ2v) is 8.66. The molecule has 4 aromatic rings. The van der Waals surface area contributed by atoms with Gasteiger partial charge in [-0.2, -0.15) is 4.52 Å². The Morgan fingerprint density at radius 3 is 2.75 bits per heavy atom. The molecule has 0 aliphatic carbocycles. The van der Waals surface area contributed by atoms with Crippen LogP contribution in [0.3, 0.4) is 0 Å². The number of aryl methyl sites for hydroxylation is 1. The van der Waals surface area contributed by atoms with E-state index in [4.69, 9.17) is 4.98 Å². The summed E-state index contributed by atoms with van der Waals surface area (Å²) in [4.78, 5) is 27.8. The smallest absolute Gasteiger partial charge is 0.274 e. The van der Waals surface area contributed by atoms with Gasteiger partial charge in [-0.05, 0) is 50.1 Å². The largest absolute Gasteiger partial charge is 0.384 e. The van der Waals surface area contributed by atoms with Gasteiger partial charge in [-0.25, -0.2) is 4.98 Å². The maximum atomic E-state index is 12.2. The van der Waals surface area contributed by atoms with Crippen molar-refractivity contribution >= 4 is 11.5 Å². The van der Waals surface area contributed by atoms with Crippen molar-refractivity contribution in [2.45, 2.75) is 39.3 Å². The number of fused-ring (bicyclic) bond motifs is 2. The number of pyridine rings is 2. The molecule has 32 heavy (non-hydrogen) atoms. The second kappa shape index (κ2) is 7.49. The van der Waals surface area contributed by atoms with Crippen molar-refractivity contribution in [1.29, 1.82) is 0 Å². The minimum absolute atomic E-state index is 0.201. The molecule has 4 aromatic heterocycles. The maximum absolute atomic E-state index is 12.2. The van der Waals surface area contributed by atoms with Crippen LogP contribution in [0.5, 0.6) is 0 Å². The molecule has 5 rings (SSSR count). The first-order valence-electron chi connectivity index (χ1n) is 10.6. The normalized spacial score (nSPS) is 13.9. The van der Waals surface area contributed by atoms with Crippen LogP contribution in [-0.4, -0.2) is 36.2 Å². The van der Waals surface area contributed by atoms with E-state index in [0.717, 1.165) is 46.7 Å². The standard InChI is InChI=1S/C24H24N6O2/c1-15-11-20-25-9-6-21(31)30(20)28-23(15)29-10-7-19-17(14-29)12-16(13-27-19)18-5-4-8-26-22(18)24(2,3)32/h4-6,8-9,11-13,32H,7,10,14H2,1-3H3. The molecule has 8 heteroatoms. The zero-order valence-corrected chi connectivity index (χ0v) is 18.3. The molecule has 0 bridgehead atoms. The quantitative estimate of drug-likeness (QED) is 0.536. The van der Waals surface area contributed by atoms with E-state index in [1.807, 2.05) is 31.3 Å². The summed E-state index contributed by atoms with van der Waals surface area (Å²) in [5, 5.41) is 15.2. The summed E-state index contributed by atoms with van der Waals surface area (Å²) in [5.74, 6) is 0.766. The van der Waals surface area contributed by atoms with E-state index in [-0.39, 0.29) is 5.56 Å². The van der Waals surface area contributed by atoms with E-state index >= 15 is 0 Å². The van der Waals surface area contributed by atoms with Crippen LogP contribution in [-0.2, 0) is 18.6 Å². The monoisotopic (exact) mass is 428 g/mol. The van der Waals surface area contributed by atoms with E-state index in [1.54, 1.807) is 20.0 Å². The Balaban J connectivity index is 1.54. The lowest BCUT2D eigenvalue weighted by Gasteiger charge is -2.30. The highest BCUT2D eigenvalue weighted by Crippen LogP contribution is 2.32. The van der Waals surface area contributed by atoms with Crippen molar-refractivity contribution in [3.8, 4) is 11.1 Å². The molecule has 0 atom stereocenters. The van der Waals surface area contributed by atoms with Crippen molar-refractivity contribution in [2.24, 2.45) is 0 Å². The zero-order chi connectivity index (χ0) is 22.5. The summed E-state index contributed by atoms with van der Waals surface area (Å²) < 4.78 is 1.35. The SMILES string of the molecule is Cc1cc2nccc(=O)n2nc1N1CCc2ncc(-c3cccnc3C(C)(C)O)cc2C1. The highest BCUT2D eigenvalue weighted by Gasteiger charge is 2.25. The summed E-state index contributed by atoms with van der Waals surface area (Å²) in [7, 11) is 0. The van der Waals surface area contributed by atoms with Crippen LogP contribution < -0.4 is 10.5 Å². The van der Waals surface area contributed by atoms with Gasteiger partial charge in [0.1, 0.15) is 5.60 Å². The van der Waals surface area contributed by atoms with Crippen LogP contribution in [0.4, 0.5) is 5.82 Å². The molecular formula is C24H24N6O2. The maximum Gasteiger partial charge on any atom is 0.274 e. The fourth-order valence-corrected chi connectivity index (χ4v) is 4.24. The summed E-state index contributed by atoms with van der Waals surface area (Å²) in [6.45, 7) is 6.84. The van der Waals surface area contributed by atoms with Crippen LogP contribution in [0.2, 0.25) is 0 Å². The van der Waals surface area contributed by atoms with E-state index in [2.05, 4.69) is 26.0 Å². The van der Waals surface area contributed by atoms with E-state index in [0.29, 0.717) is 17.9 Å². The van der Waals surface area contributed by atoms with Crippen LogP contribution in [0.15, 0.2) is 53.7 Å². The van der Waals surface area contributed by atoms with Crippen LogP contribution >= 0.6 is 0 Å². The Kier molecular flexibility index (Phi) is 4.74. The molecule has 0 saturated carbocycles. The molecule has 0 spiro atoms. The van der Waals surface area contributed by atoms with Crippen LogP contribution in [0, 0.1) is 6.92 Å². The Morgan fingerprint density at radius 1 is 1.09 bits per heavy atom. The molecule has 0 unspecified atom stereocenters. The number of nitrogens with zero attached hydrogens (tertiary/aromatic N) is 6. The Morgan fingerprint density at radius 2 is 1.94 bits per heavy atom. The average molecular weight is 428 g/mol. The van der Waals surface area contributed by atoms with Gasteiger partial charge >= 0.3 is 0 Å². The average Bonchev–Trinajstić information content (AvgIpc) is 2.77. The molecule has 1 N–H and O–H groups in total. The van der Waals surface area contributed by atoms with Crippen LogP contribution in [0.25, 0.3) is 16.8 Å². The summed E-state index contributed by atoms with van der Waals surface area (Å²) in [6, 6.07) is 9.24. The lowest BCUT2D eigenvalue weighted by atomic mass is 9.93. The lowest BCUT2D eigenvalue weighted by molar-refractivity contribution is 0.0745. The molecule has 5 heterocycles. The molecular weight excluding hydrogens is 404 g/mol. The first-order chi connectivity index (χ1) is 15.3.